The van der Waals surface area contributed by atoms with Crippen molar-refractivity contribution in [2.75, 3.05) is 6.61 Å². The fourth-order valence-corrected chi connectivity index (χ4v) is 3.71. The van der Waals surface area contributed by atoms with Crippen molar-refractivity contribution in [3.05, 3.63) is 53.1 Å². The molecule has 0 saturated carbocycles. The number of carbonyl (C=O) groups is 1. The smallest absolute Gasteiger partial charge is 0.339 e. The minimum absolute atomic E-state index is 0.282. The zero-order chi connectivity index (χ0) is 19.8. The van der Waals surface area contributed by atoms with Gasteiger partial charge < -0.3 is 4.74 Å². The van der Waals surface area contributed by atoms with Crippen molar-refractivity contribution in [3.8, 4) is 22.0 Å². The van der Waals surface area contributed by atoms with Gasteiger partial charge in [0.1, 0.15) is 10.8 Å². The lowest BCUT2D eigenvalue weighted by atomic mass is 10.1. The van der Waals surface area contributed by atoms with Crippen molar-refractivity contribution in [2.24, 2.45) is 0 Å². The lowest BCUT2D eigenvalue weighted by Crippen LogP contribution is -2.09. The van der Waals surface area contributed by atoms with Gasteiger partial charge in [-0.1, -0.05) is 11.3 Å². The van der Waals surface area contributed by atoms with Crippen LogP contribution in [0.5, 0.6) is 0 Å². The molecule has 0 N–H and O–H groups in total. The molecule has 1 aromatic carbocycles. The summed E-state index contributed by atoms with van der Waals surface area (Å²) < 4.78 is 19.9. The van der Waals surface area contributed by atoms with E-state index in [0.717, 1.165) is 5.56 Å². The Labute approximate surface area is 163 Å². The molecule has 4 aromatic rings. The normalized spacial score (nSPS) is 11.1. The van der Waals surface area contributed by atoms with E-state index < -0.39 is 5.97 Å². The number of rotatable bonds is 4. The molecular formula is C19H16FN5O2S. The second-order valence-electron chi connectivity index (χ2n) is 6.11. The first-order chi connectivity index (χ1) is 13.5. The van der Waals surface area contributed by atoms with Gasteiger partial charge in [0.25, 0.3) is 0 Å². The fraction of sp³-hybridized carbons (Fsp3) is 0.211. The first-order valence-electron chi connectivity index (χ1n) is 8.62. The van der Waals surface area contributed by atoms with E-state index in [0.29, 0.717) is 38.3 Å². The van der Waals surface area contributed by atoms with E-state index >= 15 is 0 Å². The molecule has 3 aromatic heterocycles. The lowest BCUT2D eigenvalue weighted by Gasteiger charge is -2.09. The van der Waals surface area contributed by atoms with Gasteiger partial charge in [-0.25, -0.2) is 9.18 Å². The number of pyridine rings is 1. The predicted octanol–water partition coefficient (Wildman–Crippen LogP) is 3.85. The Bertz CT molecular complexity index is 1180. The van der Waals surface area contributed by atoms with Crippen molar-refractivity contribution in [1.82, 2.24) is 24.8 Å². The van der Waals surface area contributed by atoms with Crippen molar-refractivity contribution in [1.29, 1.82) is 0 Å². The maximum atomic E-state index is 13.2. The summed E-state index contributed by atoms with van der Waals surface area (Å²) in [7, 11) is 0. The van der Waals surface area contributed by atoms with Crippen LogP contribution in [0, 0.1) is 19.7 Å². The van der Waals surface area contributed by atoms with E-state index in [1.165, 1.54) is 23.5 Å². The van der Waals surface area contributed by atoms with Gasteiger partial charge in [0, 0.05) is 16.8 Å². The van der Waals surface area contributed by atoms with Crippen LogP contribution in [0.1, 0.15) is 28.7 Å². The summed E-state index contributed by atoms with van der Waals surface area (Å²) in [6.45, 7) is 5.64. The van der Waals surface area contributed by atoms with Crippen LogP contribution in [-0.2, 0) is 4.74 Å². The number of fused-ring (bicyclic) bond motifs is 1. The molecule has 28 heavy (non-hydrogen) atoms. The summed E-state index contributed by atoms with van der Waals surface area (Å²) >= 11 is 1.34. The molecule has 0 unspecified atom stereocenters. The van der Waals surface area contributed by atoms with Crippen LogP contribution >= 0.6 is 11.3 Å². The number of carbonyl (C=O) groups excluding carboxylic acids is 1. The first-order valence-corrected chi connectivity index (χ1v) is 9.43. The Hall–Kier alpha value is -3.20. The third kappa shape index (κ3) is 3.13. The van der Waals surface area contributed by atoms with Gasteiger partial charge in [0.15, 0.2) is 5.82 Å². The van der Waals surface area contributed by atoms with Gasteiger partial charge in [0.05, 0.1) is 17.9 Å². The van der Waals surface area contributed by atoms with Crippen LogP contribution in [0.4, 0.5) is 4.39 Å². The van der Waals surface area contributed by atoms with Gasteiger partial charge in [0.2, 0.25) is 4.96 Å². The number of benzene rings is 1. The molecule has 0 atom stereocenters. The standard InChI is InChI=1S/C19H16FN5O2S/c1-4-27-18(26)15-9-14(10(2)21-11(15)3)16-22-23-19-25(16)24-17(28-19)12-5-7-13(20)8-6-12/h5-9H,4H2,1-3H3. The van der Waals surface area contributed by atoms with E-state index in [-0.39, 0.29) is 12.4 Å². The van der Waals surface area contributed by atoms with Crippen molar-refractivity contribution in [2.45, 2.75) is 20.8 Å². The van der Waals surface area contributed by atoms with Gasteiger partial charge in [-0.05, 0) is 51.1 Å². The van der Waals surface area contributed by atoms with E-state index in [1.54, 1.807) is 36.6 Å². The van der Waals surface area contributed by atoms with Crippen LogP contribution in [0.25, 0.3) is 26.9 Å². The summed E-state index contributed by atoms with van der Waals surface area (Å²) in [4.78, 5) is 17.3. The second kappa shape index (κ2) is 7.08. The number of esters is 1. The predicted molar refractivity (Wildman–Crippen MR) is 103 cm³/mol. The number of hydrogen-bond donors (Lipinski definition) is 0. The summed E-state index contributed by atoms with van der Waals surface area (Å²) in [6.07, 6.45) is 0. The van der Waals surface area contributed by atoms with Crippen LogP contribution in [0.15, 0.2) is 30.3 Å². The van der Waals surface area contributed by atoms with Crippen molar-refractivity contribution in [3.63, 3.8) is 0 Å². The van der Waals surface area contributed by atoms with E-state index in [4.69, 9.17) is 4.74 Å². The van der Waals surface area contributed by atoms with Crippen molar-refractivity contribution >= 4 is 22.3 Å². The third-order valence-corrected chi connectivity index (χ3v) is 5.17. The SMILES string of the molecule is CCOC(=O)c1cc(-c2nnc3sc(-c4ccc(F)cc4)nn23)c(C)nc1C. The van der Waals surface area contributed by atoms with Gasteiger partial charge in [-0.3, -0.25) is 4.98 Å². The molecule has 0 spiro atoms. The topological polar surface area (TPSA) is 82.3 Å². The Balaban J connectivity index is 1.82. The number of halogens is 1. The Morgan fingerprint density at radius 3 is 2.64 bits per heavy atom. The molecule has 0 aliphatic carbocycles. The molecule has 0 aliphatic rings. The average Bonchev–Trinajstić information content (AvgIpc) is 3.24. The highest BCUT2D eigenvalue weighted by Gasteiger charge is 2.20. The van der Waals surface area contributed by atoms with E-state index in [2.05, 4.69) is 20.3 Å². The minimum Gasteiger partial charge on any atom is -0.462 e. The largest absolute Gasteiger partial charge is 0.462 e. The zero-order valence-corrected chi connectivity index (χ0v) is 16.2. The molecule has 142 valence electrons. The zero-order valence-electron chi connectivity index (χ0n) is 15.4. The molecule has 0 bridgehead atoms. The molecule has 0 aliphatic heterocycles. The highest BCUT2D eigenvalue weighted by Crippen LogP contribution is 2.29. The van der Waals surface area contributed by atoms with E-state index in [9.17, 15) is 9.18 Å². The number of aryl methyl sites for hydroxylation is 2. The number of ether oxygens (including phenoxy) is 1. The summed E-state index contributed by atoms with van der Waals surface area (Å²) in [5, 5.41) is 13.7. The van der Waals surface area contributed by atoms with Crippen LogP contribution < -0.4 is 0 Å². The lowest BCUT2D eigenvalue weighted by molar-refractivity contribution is 0.0525. The summed E-state index contributed by atoms with van der Waals surface area (Å²) in [5.74, 6) is -0.254. The molecule has 0 amide bonds. The Morgan fingerprint density at radius 1 is 1.18 bits per heavy atom. The van der Waals surface area contributed by atoms with Crippen LogP contribution in [-0.4, -0.2) is 37.4 Å². The number of aromatic nitrogens is 5. The maximum Gasteiger partial charge on any atom is 0.339 e. The van der Waals surface area contributed by atoms with Crippen molar-refractivity contribution < 1.29 is 13.9 Å². The highest BCUT2D eigenvalue weighted by atomic mass is 32.1. The molecule has 3 heterocycles. The molecule has 0 fully saturated rings. The molecule has 0 radical (unpaired) electrons. The first kappa shape index (κ1) is 18.2. The fourth-order valence-electron chi connectivity index (χ4n) is 2.86. The Kier molecular flexibility index (Phi) is 4.60. The quantitative estimate of drug-likeness (QED) is 0.487. The number of nitrogens with zero attached hydrogens (tertiary/aromatic N) is 5. The molecule has 0 saturated heterocycles. The monoisotopic (exact) mass is 397 g/mol. The van der Waals surface area contributed by atoms with Gasteiger partial charge in [-0.15, -0.1) is 10.2 Å². The van der Waals surface area contributed by atoms with Gasteiger partial charge >= 0.3 is 5.97 Å². The number of hydrogen-bond acceptors (Lipinski definition) is 7. The second-order valence-corrected chi connectivity index (χ2v) is 7.06. The average molecular weight is 397 g/mol. The maximum absolute atomic E-state index is 13.2. The molecular weight excluding hydrogens is 381 g/mol. The van der Waals surface area contributed by atoms with Crippen LogP contribution in [0.2, 0.25) is 0 Å². The highest BCUT2D eigenvalue weighted by molar-refractivity contribution is 7.19. The Morgan fingerprint density at radius 2 is 1.93 bits per heavy atom. The van der Waals surface area contributed by atoms with Crippen LogP contribution in [0.3, 0.4) is 0 Å². The summed E-state index contributed by atoms with van der Waals surface area (Å²) in [6, 6.07) is 7.82. The minimum atomic E-state index is -0.431. The third-order valence-electron chi connectivity index (χ3n) is 4.22. The van der Waals surface area contributed by atoms with E-state index in [1.807, 2.05) is 6.92 Å². The molecule has 7 nitrogen and oxygen atoms in total. The summed E-state index contributed by atoms with van der Waals surface area (Å²) in [5.41, 5.74) is 3.11. The molecule has 4 rings (SSSR count). The van der Waals surface area contributed by atoms with Gasteiger partial charge in [-0.2, -0.15) is 9.61 Å². The molecule has 9 heteroatoms.